The Morgan fingerprint density at radius 3 is 2.71 bits per heavy atom. The lowest BCUT2D eigenvalue weighted by atomic mass is 10.0. The maximum Gasteiger partial charge on any atom is 0.177 e. The fraction of sp³-hybridized carbons (Fsp3) is 0.182. The Balaban J connectivity index is 1.71. The van der Waals surface area contributed by atoms with Crippen molar-refractivity contribution in [2.24, 2.45) is 0 Å². The van der Waals surface area contributed by atoms with Gasteiger partial charge in [0.05, 0.1) is 30.6 Å². The van der Waals surface area contributed by atoms with Crippen molar-refractivity contribution in [3.63, 3.8) is 0 Å². The summed E-state index contributed by atoms with van der Waals surface area (Å²) in [6.07, 6.45) is 3.74. The van der Waals surface area contributed by atoms with Crippen molar-refractivity contribution in [3.8, 4) is 11.1 Å². The molecule has 0 radical (unpaired) electrons. The number of rotatable bonds is 2. The smallest absolute Gasteiger partial charge is 0.177 e. The summed E-state index contributed by atoms with van der Waals surface area (Å²) in [4.78, 5) is 7.33. The van der Waals surface area contributed by atoms with Gasteiger partial charge in [-0.1, -0.05) is 18.2 Å². The molecule has 1 fully saturated rings. The molecule has 1 N–H and O–H groups in total. The van der Waals surface area contributed by atoms with Crippen LogP contribution in [0.5, 0.6) is 0 Å². The predicted molar refractivity (Wildman–Crippen MR) is 110 cm³/mol. The van der Waals surface area contributed by atoms with Crippen LogP contribution < -0.4 is 4.90 Å². The minimum absolute atomic E-state index is 0.715. The number of fused-ring (bicyclic) bond motifs is 4. The minimum atomic E-state index is 0.715. The second-order valence-corrected chi connectivity index (χ2v) is 7.05. The predicted octanol–water partition coefficient (Wildman–Crippen LogP) is 4.36. The van der Waals surface area contributed by atoms with E-state index < -0.39 is 0 Å². The Kier molecular flexibility index (Phi) is 3.39. The van der Waals surface area contributed by atoms with E-state index in [1.165, 1.54) is 0 Å². The molecular weight excluding hydrogens is 352 g/mol. The second kappa shape index (κ2) is 6.07. The molecule has 0 amide bonds. The van der Waals surface area contributed by atoms with Crippen LogP contribution in [-0.2, 0) is 4.74 Å². The first kappa shape index (κ1) is 15.7. The van der Waals surface area contributed by atoms with Gasteiger partial charge in [-0.15, -0.1) is 0 Å². The zero-order valence-electron chi connectivity index (χ0n) is 15.2. The van der Waals surface area contributed by atoms with Crippen LogP contribution in [0.4, 0.5) is 5.69 Å². The average molecular weight is 370 g/mol. The molecule has 4 heterocycles. The van der Waals surface area contributed by atoms with Crippen molar-refractivity contribution < 1.29 is 9.15 Å². The Morgan fingerprint density at radius 2 is 1.86 bits per heavy atom. The number of ether oxygens (including phenoxy) is 1. The van der Waals surface area contributed by atoms with Crippen LogP contribution in [0.2, 0.25) is 0 Å². The maximum absolute atomic E-state index is 6.31. The molecule has 6 heteroatoms. The van der Waals surface area contributed by atoms with Crippen LogP contribution in [0.15, 0.2) is 59.3 Å². The number of benzene rings is 2. The Labute approximate surface area is 160 Å². The van der Waals surface area contributed by atoms with Gasteiger partial charge >= 0.3 is 0 Å². The van der Waals surface area contributed by atoms with E-state index in [0.717, 1.165) is 62.9 Å². The van der Waals surface area contributed by atoms with E-state index in [9.17, 15) is 0 Å². The van der Waals surface area contributed by atoms with Gasteiger partial charge in [-0.2, -0.15) is 5.10 Å². The summed E-state index contributed by atoms with van der Waals surface area (Å²) < 4.78 is 11.9. The summed E-state index contributed by atoms with van der Waals surface area (Å²) in [6.45, 7) is 3.10. The molecule has 5 aromatic rings. The van der Waals surface area contributed by atoms with Crippen LogP contribution in [-0.4, -0.2) is 41.5 Å². The van der Waals surface area contributed by atoms with Crippen molar-refractivity contribution in [2.75, 3.05) is 31.2 Å². The Hall–Kier alpha value is -3.38. The summed E-state index contributed by atoms with van der Waals surface area (Å²) in [5.74, 6) is 0. The molecule has 0 saturated carbocycles. The van der Waals surface area contributed by atoms with E-state index in [0.29, 0.717) is 13.2 Å². The van der Waals surface area contributed by atoms with Gasteiger partial charge in [0.25, 0.3) is 0 Å². The highest BCUT2D eigenvalue weighted by molar-refractivity contribution is 6.14. The lowest BCUT2D eigenvalue weighted by Gasteiger charge is -2.29. The molecular formula is C22H18N4O2. The Bertz CT molecular complexity index is 1300. The van der Waals surface area contributed by atoms with Gasteiger partial charge in [0.1, 0.15) is 11.1 Å². The first-order valence-electron chi connectivity index (χ1n) is 9.45. The molecule has 28 heavy (non-hydrogen) atoms. The van der Waals surface area contributed by atoms with E-state index in [1.54, 1.807) is 0 Å². The molecule has 3 aromatic heterocycles. The minimum Gasteiger partial charge on any atom is -0.452 e. The number of pyridine rings is 1. The molecule has 0 unspecified atom stereocenters. The number of anilines is 1. The van der Waals surface area contributed by atoms with Crippen LogP contribution in [0.1, 0.15) is 0 Å². The third-order valence-electron chi connectivity index (χ3n) is 5.43. The largest absolute Gasteiger partial charge is 0.452 e. The van der Waals surface area contributed by atoms with Gasteiger partial charge in [0, 0.05) is 35.6 Å². The number of H-pyrrole nitrogens is 1. The number of aromatic nitrogens is 3. The molecule has 6 nitrogen and oxygen atoms in total. The zero-order chi connectivity index (χ0) is 18.5. The lowest BCUT2D eigenvalue weighted by Crippen LogP contribution is -2.36. The lowest BCUT2D eigenvalue weighted by molar-refractivity contribution is 0.123. The summed E-state index contributed by atoms with van der Waals surface area (Å²) in [5, 5.41) is 9.11. The van der Waals surface area contributed by atoms with Gasteiger partial charge in [0.15, 0.2) is 5.58 Å². The molecule has 1 aliphatic heterocycles. The van der Waals surface area contributed by atoms with Crippen molar-refractivity contribution in [1.82, 2.24) is 15.2 Å². The standard InChI is InChI=1S/C22H18N4O2/c1-2-4-19-16(3-1)20-22(28-19)21(26-7-9-27-10-8-26)17-11-14(5-6-18(17)25-20)15-12-23-24-13-15/h1-6,11-13H,7-10H2,(H,23,24). The molecule has 1 saturated heterocycles. The van der Waals surface area contributed by atoms with Crippen LogP contribution in [0.25, 0.3) is 44.1 Å². The van der Waals surface area contributed by atoms with E-state index in [1.807, 2.05) is 30.6 Å². The number of nitrogens with one attached hydrogen (secondary N) is 1. The number of furan rings is 1. The number of para-hydroxylation sites is 1. The summed E-state index contributed by atoms with van der Waals surface area (Å²) in [6, 6.07) is 14.5. The van der Waals surface area contributed by atoms with Crippen LogP contribution >= 0.6 is 0 Å². The van der Waals surface area contributed by atoms with Crippen molar-refractivity contribution in [2.45, 2.75) is 0 Å². The number of nitrogens with zero attached hydrogens (tertiary/aromatic N) is 3. The normalized spacial score (nSPS) is 15.1. The average Bonchev–Trinajstić information content (AvgIpc) is 3.40. The highest BCUT2D eigenvalue weighted by Gasteiger charge is 2.22. The van der Waals surface area contributed by atoms with Crippen molar-refractivity contribution in [1.29, 1.82) is 0 Å². The monoisotopic (exact) mass is 370 g/mol. The number of hydrogen-bond acceptors (Lipinski definition) is 5. The molecule has 0 atom stereocenters. The summed E-state index contributed by atoms with van der Waals surface area (Å²) >= 11 is 0. The Morgan fingerprint density at radius 1 is 0.964 bits per heavy atom. The van der Waals surface area contributed by atoms with Crippen molar-refractivity contribution >= 4 is 38.7 Å². The second-order valence-electron chi connectivity index (χ2n) is 7.05. The number of morpholine rings is 1. The highest BCUT2D eigenvalue weighted by Crippen LogP contribution is 2.40. The maximum atomic E-state index is 6.31. The summed E-state index contributed by atoms with van der Waals surface area (Å²) in [7, 11) is 0. The molecule has 0 spiro atoms. The van der Waals surface area contributed by atoms with Crippen LogP contribution in [0, 0.1) is 0 Å². The fourth-order valence-corrected chi connectivity index (χ4v) is 4.06. The molecule has 0 bridgehead atoms. The first-order chi connectivity index (χ1) is 13.9. The molecule has 1 aliphatic rings. The third kappa shape index (κ3) is 2.31. The van der Waals surface area contributed by atoms with Gasteiger partial charge < -0.3 is 14.1 Å². The van der Waals surface area contributed by atoms with Gasteiger partial charge in [-0.25, -0.2) is 4.98 Å². The molecule has 138 valence electrons. The quantitative estimate of drug-likeness (QED) is 0.500. The van der Waals surface area contributed by atoms with E-state index in [2.05, 4.69) is 39.4 Å². The molecule has 2 aromatic carbocycles. The topological polar surface area (TPSA) is 67.2 Å². The van der Waals surface area contributed by atoms with E-state index in [-0.39, 0.29) is 0 Å². The zero-order valence-corrected chi connectivity index (χ0v) is 15.2. The van der Waals surface area contributed by atoms with E-state index >= 15 is 0 Å². The van der Waals surface area contributed by atoms with Gasteiger partial charge in [-0.3, -0.25) is 5.10 Å². The molecule has 6 rings (SSSR count). The van der Waals surface area contributed by atoms with Gasteiger partial charge in [-0.05, 0) is 29.8 Å². The number of aromatic amines is 1. The van der Waals surface area contributed by atoms with Gasteiger partial charge in [0.2, 0.25) is 0 Å². The van der Waals surface area contributed by atoms with Crippen LogP contribution in [0.3, 0.4) is 0 Å². The molecule has 0 aliphatic carbocycles. The summed E-state index contributed by atoms with van der Waals surface area (Å²) in [5.41, 5.74) is 6.86. The third-order valence-corrected chi connectivity index (χ3v) is 5.43. The van der Waals surface area contributed by atoms with E-state index in [4.69, 9.17) is 14.1 Å². The SMILES string of the molecule is c1ccc2c(c1)oc1c(N3CCOCC3)c3cc(-c4cn[nH]c4)ccc3nc12. The number of hydrogen-bond donors (Lipinski definition) is 1. The van der Waals surface area contributed by atoms with Crippen molar-refractivity contribution in [3.05, 3.63) is 54.9 Å². The first-order valence-corrected chi connectivity index (χ1v) is 9.45. The highest BCUT2D eigenvalue weighted by atomic mass is 16.5. The fourth-order valence-electron chi connectivity index (χ4n) is 4.06.